The molecule has 1 unspecified atom stereocenters. The quantitative estimate of drug-likeness (QED) is 0.706. The highest BCUT2D eigenvalue weighted by Gasteiger charge is 2.18. The van der Waals surface area contributed by atoms with Crippen molar-refractivity contribution in [3.05, 3.63) is 35.9 Å². The summed E-state index contributed by atoms with van der Waals surface area (Å²) in [5, 5.41) is 3.24. The van der Waals surface area contributed by atoms with E-state index in [1.54, 1.807) is 11.8 Å². The van der Waals surface area contributed by atoms with Gasteiger partial charge in [-0.2, -0.15) is 11.8 Å². The van der Waals surface area contributed by atoms with Gasteiger partial charge in [-0.1, -0.05) is 37.3 Å². The smallest absolute Gasteiger partial charge is 0.323 e. The predicted octanol–water partition coefficient (Wildman–Crippen LogP) is 2.85. The first-order valence-electron chi connectivity index (χ1n) is 6.79. The SMILES string of the molecule is CCCNC(CSCc1ccccc1)C(=O)OCC. The van der Waals surface area contributed by atoms with Gasteiger partial charge in [0.2, 0.25) is 0 Å². The van der Waals surface area contributed by atoms with Crippen LogP contribution in [0.5, 0.6) is 0 Å². The zero-order valence-electron chi connectivity index (χ0n) is 11.7. The first-order valence-corrected chi connectivity index (χ1v) is 7.95. The molecule has 1 N–H and O–H groups in total. The van der Waals surface area contributed by atoms with Crippen molar-refractivity contribution in [2.75, 3.05) is 18.9 Å². The topological polar surface area (TPSA) is 38.3 Å². The molecule has 0 aliphatic carbocycles. The summed E-state index contributed by atoms with van der Waals surface area (Å²) < 4.78 is 5.09. The van der Waals surface area contributed by atoms with E-state index in [4.69, 9.17) is 4.74 Å². The van der Waals surface area contributed by atoms with Crippen molar-refractivity contribution in [2.45, 2.75) is 32.1 Å². The maximum Gasteiger partial charge on any atom is 0.323 e. The number of hydrogen-bond donors (Lipinski definition) is 1. The maximum atomic E-state index is 11.8. The van der Waals surface area contributed by atoms with Crippen molar-refractivity contribution in [1.29, 1.82) is 0 Å². The Morgan fingerprint density at radius 2 is 2.05 bits per heavy atom. The van der Waals surface area contributed by atoms with Crippen molar-refractivity contribution in [1.82, 2.24) is 5.32 Å². The molecular formula is C15H23NO2S. The lowest BCUT2D eigenvalue weighted by molar-refractivity contribution is -0.144. The number of esters is 1. The highest BCUT2D eigenvalue weighted by atomic mass is 32.2. The van der Waals surface area contributed by atoms with Crippen LogP contribution < -0.4 is 5.32 Å². The minimum absolute atomic E-state index is 0.142. The van der Waals surface area contributed by atoms with Crippen LogP contribution in [0.15, 0.2) is 30.3 Å². The number of thioether (sulfide) groups is 1. The van der Waals surface area contributed by atoms with Crippen molar-refractivity contribution in [3.63, 3.8) is 0 Å². The van der Waals surface area contributed by atoms with E-state index in [0.717, 1.165) is 24.5 Å². The maximum absolute atomic E-state index is 11.8. The van der Waals surface area contributed by atoms with Gasteiger partial charge in [-0.15, -0.1) is 0 Å². The van der Waals surface area contributed by atoms with E-state index in [1.807, 2.05) is 25.1 Å². The summed E-state index contributed by atoms with van der Waals surface area (Å²) in [7, 11) is 0. The third-order valence-electron chi connectivity index (χ3n) is 2.61. The minimum Gasteiger partial charge on any atom is -0.465 e. The fraction of sp³-hybridized carbons (Fsp3) is 0.533. The van der Waals surface area contributed by atoms with Crippen LogP contribution in [0.4, 0.5) is 0 Å². The van der Waals surface area contributed by atoms with E-state index in [1.165, 1.54) is 5.56 Å². The molecule has 1 rings (SSSR count). The lowest BCUT2D eigenvalue weighted by atomic mass is 10.2. The third kappa shape index (κ3) is 6.64. The highest BCUT2D eigenvalue weighted by Crippen LogP contribution is 2.13. The summed E-state index contributed by atoms with van der Waals surface area (Å²) in [6, 6.07) is 10.1. The average Bonchev–Trinajstić information content (AvgIpc) is 2.44. The summed E-state index contributed by atoms with van der Waals surface area (Å²) in [6.07, 6.45) is 1.01. The van der Waals surface area contributed by atoms with Crippen molar-refractivity contribution < 1.29 is 9.53 Å². The summed E-state index contributed by atoms with van der Waals surface area (Å²) in [5.74, 6) is 1.52. The molecule has 1 aromatic rings. The molecule has 0 saturated heterocycles. The molecule has 0 aliphatic heterocycles. The molecule has 0 bridgehead atoms. The first kappa shape index (κ1) is 16.1. The zero-order valence-corrected chi connectivity index (χ0v) is 12.5. The van der Waals surface area contributed by atoms with Gasteiger partial charge in [0.15, 0.2) is 0 Å². The van der Waals surface area contributed by atoms with E-state index in [9.17, 15) is 4.79 Å². The second kappa shape index (κ2) is 9.87. The molecule has 19 heavy (non-hydrogen) atoms. The predicted molar refractivity (Wildman–Crippen MR) is 81.3 cm³/mol. The number of carbonyl (C=O) groups is 1. The van der Waals surface area contributed by atoms with E-state index in [2.05, 4.69) is 24.4 Å². The molecule has 0 saturated carbocycles. The molecular weight excluding hydrogens is 258 g/mol. The normalized spacial score (nSPS) is 12.1. The van der Waals surface area contributed by atoms with Gasteiger partial charge in [0, 0.05) is 11.5 Å². The summed E-state index contributed by atoms with van der Waals surface area (Å²) in [6.45, 7) is 5.21. The monoisotopic (exact) mass is 281 g/mol. The van der Waals surface area contributed by atoms with Gasteiger partial charge in [0.1, 0.15) is 6.04 Å². The van der Waals surface area contributed by atoms with E-state index in [0.29, 0.717) is 6.61 Å². The molecule has 3 nitrogen and oxygen atoms in total. The molecule has 0 amide bonds. The molecule has 106 valence electrons. The number of rotatable bonds is 9. The van der Waals surface area contributed by atoms with Gasteiger partial charge in [0.25, 0.3) is 0 Å². The lowest BCUT2D eigenvalue weighted by Gasteiger charge is -2.16. The van der Waals surface area contributed by atoms with Crippen LogP contribution in [0.3, 0.4) is 0 Å². The van der Waals surface area contributed by atoms with Gasteiger partial charge in [-0.3, -0.25) is 4.79 Å². The molecule has 0 aliphatic rings. The van der Waals surface area contributed by atoms with E-state index in [-0.39, 0.29) is 12.0 Å². The molecule has 0 radical (unpaired) electrons. The Kier molecular flexibility index (Phi) is 8.34. The Balaban J connectivity index is 2.37. The number of ether oxygens (including phenoxy) is 1. The average molecular weight is 281 g/mol. The second-order valence-corrected chi connectivity index (χ2v) is 5.29. The number of carbonyl (C=O) groups excluding carboxylic acids is 1. The zero-order chi connectivity index (χ0) is 13.9. The van der Waals surface area contributed by atoms with Crippen molar-refractivity contribution >= 4 is 17.7 Å². The first-order chi connectivity index (χ1) is 9.27. The van der Waals surface area contributed by atoms with Crippen LogP contribution in [-0.4, -0.2) is 30.9 Å². The lowest BCUT2D eigenvalue weighted by Crippen LogP contribution is -2.40. The Bertz CT molecular complexity index is 356. The molecule has 0 heterocycles. The molecule has 4 heteroatoms. The van der Waals surface area contributed by atoms with E-state index < -0.39 is 0 Å². The Morgan fingerprint density at radius 3 is 2.68 bits per heavy atom. The van der Waals surface area contributed by atoms with Gasteiger partial charge < -0.3 is 10.1 Å². The van der Waals surface area contributed by atoms with E-state index >= 15 is 0 Å². The summed E-state index contributed by atoms with van der Waals surface area (Å²) in [4.78, 5) is 11.8. The van der Waals surface area contributed by atoms with Gasteiger partial charge in [-0.25, -0.2) is 0 Å². The Morgan fingerprint density at radius 1 is 1.32 bits per heavy atom. The van der Waals surface area contributed by atoms with Crippen LogP contribution >= 0.6 is 11.8 Å². The standard InChI is InChI=1S/C15H23NO2S/c1-3-10-16-14(15(17)18-4-2)12-19-11-13-8-6-5-7-9-13/h5-9,14,16H,3-4,10-12H2,1-2H3. The molecule has 0 fully saturated rings. The third-order valence-corrected chi connectivity index (χ3v) is 3.71. The second-order valence-electron chi connectivity index (χ2n) is 4.26. The highest BCUT2D eigenvalue weighted by molar-refractivity contribution is 7.98. The Hall–Kier alpha value is -1.00. The summed E-state index contributed by atoms with van der Waals surface area (Å²) in [5.41, 5.74) is 1.28. The molecule has 0 aromatic heterocycles. The molecule has 1 aromatic carbocycles. The number of hydrogen-bond acceptors (Lipinski definition) is 4. The summed E-state index contributed by atoms with van der Waals surface area (Å²) >= 11 is 1.76. The largest absolute Gasteiger partial charge is 0.465 e. The molecule has 1 atom stereocenters. The number of nitrogens with one attached hydrogen (secondary N) is 1. The van der Waals surface area contributed by atoms with Crippen molar-refractivity contribution in [3.8, 4) is 0 Å². The fourth-order valence-corrected chi connectivity index (χ4v) is 2.68. The van der Waals surface area contributed by atoms with Gasteiger partial charge in [-0.05, 0) is 25.5 Å². The van der Waals surface area contributed by atoms with Crippen LogP contribution in [0.2, 0.25) is 0 Å². The van der Waals surface area contributed by atoms with Crippen LogP contribution in [0, 0.1) is 0 Å². The minimum atomic E-state index is -0.200. The fourth-order valence-electron chi connectivity index (χ4n) is 1.64. The van der Waals surface area contributed by atoms with Crippen LogP contribution in [0.25, 0.3) is 0 Å². The van der Waals surface area contributed by atoms with Crippen molar-refractivity contribution in [2.24, 2.45) is 0 Å². The molecule has 0 spiro atoms. The Labute approximate surface area is 120 Å². The number of benzene rings is 1. The van der Waals surface area contributed by atoms with Gasteiger partial charge in [0.05, 0.1) is 6.61 Å². The van der Waals surface area contributed by atoms with Crippen LogP contribution in [0.1, 0.15) is 25.8 Å². The van der Waals surface area contributed by atoms with Gasteiger partial charge >= 0.3 is 5.97 Å². The van der Waals surface area contributed by atoms with Crippen LogP contribution in [-0.2, 0) is 15.3 Å².